The number of nitrogens with one attached hydrogen (secondary N) is 1. The molecule has 1 heterocycles. The quantitative estimate of drug-likeness (QED) is 0.648. The molecule has 27 heavy (non-hydrogen) atoms. The van der Waals surface area contributed by atoms with Gasteiger partial charge in [-0.2, -0.15) is 5.06 Å². The number of carbonyl (C=O) groups is 1. The van der Waals surface area contributed by atoms with Crippen molar-refractivity contribution in [2.24, 2.45) is 5.92 Å². The molecule has 0 atom stereocenters. The van der Waals surface area contributed by atoms with E-state index in [1.807, 2.05) is 24.4 Å². The number of benzene rings is 1. The van der Waals surface area contributed by atoms with Crippen LogP contribution in [-0.2, 0) is 16.2 Å². The molecule has 0 radical (unpaired) electrons. The fraction of sp³-hybridized carbons (Fsp3) is 0.429. The smallest absolute Gasteiger partial charge is 0.329 e. The highest BCUT2D eigenvalue weighted by Gasteiger charge is 2.28. The van der Waals surface area contributed by atoms with Gasteiger partial charge in [-0.3, -0.25) is 0 Å². The van der Waals surface area contributed by atoms with Gasteiger partial charge in [-0.1, -0.05) is 31.5 Å². The molecule has 1 aromatic carbocycles. The molecule has 0 bridgehead atoms. The van der Waals surface area contributed by atoms with Gasteiger partial charge in [0.05, 0.1) is 5.69 Å². The van der Waals surface area contributed by atoms with Crippen LogP contribution in [0.3, 0.4) is 0 Å². The zero-order chi connectivity index (χ0) is 19.4. The molecule has 1 aromatic heterocycles. The summed E-state index contributed by atoms with van der Waals surface area (Å²) in [7, 11) is 0. The third kappa shape index (κ3) is 5.44. The lowest BCUT2D eigenvalue weighted by atomic mass is 10.1. The first kappa shape index (κ1) is 19.6. The zero-order valence-electron chi connectivity index (χ0n) is 16.0. The summed E-state index contributed by atoms with van der Waals surface area (Å²) in [5.41, 5.74) is 3.14. The summed E-state index contributed by atoms with van der Waals surface area (Å²) >= 11 is 6.12. The molecule has 144 valence electrons. The maximum absolute atomic E-state index is 11.7. The summed E-state index contributed by atoms with van der Waals surface area (Å²) in [6.07, 6.45) is 4.26. The number of carbonyl (C=O) groups excluding carboxylic acids is 1. The highest BCUT2D eigenvalue weighted by Crippen LogP contribution is 2.43. The normalized spacial score (nSPS) is 13.7. The van der Waals surface area contributed by atoms with Crippen molar-refractivity contribution in [2.75, 3.05) is 11.6 Å². The van der Waals surface area contributed by atoms with E-state index in [0.717, 1.165) is 13.1 Å². The molecule has 2 aromatic rings. The average Bonchev–Trinajstić information content (AvgIpc) is 3.44. The molecule has 6 heteroatoms. The van der Waals surface area contributed by atoms with Crippen LogP contribution in [0.4, 0.5) is 11.5 Å². The van der Waals surface area contributed by atoms with Crippen molar-refractivity contribution in [1.29, 1.82) is 0 Å². The first-order valence-corrected chi connectivity index (χ1v) is 9.75. The minimum Gasteiger partial charge on any atom is -0.335 e. The summed E-state index contributed by atoms with van der Waals surface area (Å²) in [4.78, 5) is 21.7. The van der Waals surface area contributed by atoms with E-state index in [-0.39, 0.29) is 0 Å². The van der Waals surface area contributed by atoms with Crippen LogP contribution >= 0.6 is 11.6 Å². The van der Waals surface area contributed by atoms with Crippen molar-refractivity contribution in [2.45, 2.75) is 46.1 Å². The highest BCUT2D eigenvalue weighted by molar-refractivity contribution is 6.30. The number of hydrogen-bond acceptors (Lipinski definition) is 5. The van der Waals surface area contributed by atoms with Gasteiger partial charge in [0.15, 0.2) is 5.82 Å². The van der Waals surface area contributed by atoms with Gasteiger partial charge in [0.2, 0.25) is 0 Å². The third-order valence-electron chi connectivity index (χ3n) is 4.36. The van der Waals surface area contributed by atoms with Crippen LogP contribution in [0.15, 0.2) is 36.5 Å². The topological polar surface area (TPSA) is 54.5 Å². The van der Waals surface area contributed by atoms with Gasteiger partial charge < -0.3 is 10.2 Å². The Morgan fingerprint density at radius 3 is 2.78 bits per heavy atom. The van der Waals surface area contributed by atoms with Crippen LogP contribution in [0.25, 0.3) is 0 Å². The van der Waals surface area contributed by atoms with E-state index >= 15 is 0 Å². The number of anilines is 2. The average molecular weight is 388 g/mol. The van der Waals surface area contributed by atoms with Gasteiger partial charge in [0.1, 0.15) is 0 Å². The molecule has 0 amide bonds. The summed E-state index contributed by atoms with van der Waals surface area (Å²) < 4.78 is 0. The molecule has 0 unspecified atom stereocenters. The lowest BCUT2D eigenvalue weighted by molar-refractivity contribution is -0.141. The first-order chi connectivity index (χ1) is 12.9. The molecule has 5 nitrogen and oxygen atoms in total. The highest BCUT2D eigenvalue weighted by atomic mass is 35.5. The number of nitrogens with zero attached hydrogens (tertiary/aromatic N) is 2. The predicted molar refractivity (Wildman–Crippen MR) is 108 cm³/mol. The second-order valence-electron chi connectivity index (χ2n) is 7.40. The SMILES string of the molecule is CC(=O)ON(c1cccc(Cl)c1)c1cc(C2CC2)c(CNCC(C)C)cn1. The molecule has 1 aliphatic rings. The van der Waals surface area contributed by atoms with Crippen molar-refractivity contribution >= 4 is 29.1 Å². The van der Waals surface area contributed by atoms with Crippen molar-refractivity contribution in [3.05, 3.63) is 52.7 Å². The minimum absolute atomic E-state index is 0.410. The fourth-order valence-corrected chi connectivity index (χ4v) is 3.16. The first-order valence-electron chi connectivity index (χ1n) is 9.37. The molecule has 1 N–H and O–H groups in total. The Labute approximate surface area is 165 Å². The van der Waals surface area contributed by atoms with Crippen molar-refractivity contribution < 1.29 is 9.63 Å². The monoisotopic (exact) mass is 387 g/mol. The van der Waals surface area contributed by atoms with Crippen molar-refractivity contribution in [3.63, 3.8) is 0 Å². The van der Waals surface area contributed by atoms with Crippen LogP contribution in [-0.4, -0.2) is 17.5 Å². The molecule has 0 aliphatic heterocycles. The maximum atomic E-state index is 11.7. The second-order valence-corrected chi connectivity index (χ2v) is 7.83. The van der Waals surface area contributed by atoms with E-state index in [1.54, 1.807) is 12.1 Å². The van der Waals surface area contributed by atoms with E-state index in [9.17, 15) is 4.79 Å². The van der Waals surface area contributed by atoms with Crippen LogP contribution in [0, 0.1) is 5.92 Å². The van der Waals surface area contributed by atoms with E-state index < -0.39 is 5.97 Å². The van der Waals surface area contributed by atoms with Gasteiger partial charge in [0.25, 0.3) is 0 Å². The molecule has 3 rings (SSSR count). The van der Waals surface area contributed by atoms with Gasteiger partial charge in [0, 0.05) is 24.7 Å². The van der Waals surface area contributed by atoms with Gasteiger partial charge >= 0.3 is 5.97 Å². The Kier molecular flexibility index (Phi) is 6.34. The fourth-order valence-electron chi connectivity index (χ4n) is 2.98. The maximum Gasteiger partial charge on any atom is 0.329 e. The molecule has 1 fully saturated rings. The Bertz CT molecular complexity index is 806. The van der Waals surface area contributed by atoms with Crippen LogP contribution in [0.2, 0.25) is 5.02 Å². The van der Waals surface area contributed by atoms with Gasteiger partial charge in [-0.15, -0.1) is 0 Å². The van der Waals surface area contributed by atoms with E-state index in [4.69, 9.17) is 16.4 Å². The Morgan fingerprint density at radius 2 is 2.15 bits per heavy atom. The molecule has 0 saturated heterocycles. The number of aromatic nitrogens is 1. The third-order valence-corrected chi connectivity index (χ3v) is 4.60. The van der Waals surface area contributed by atoms with E-state index in [2.05, 4.69) is 24.1 Å². The molecule has 1 aliphatic carbocycles. The molecule has 1 saturated carbocycles. The number of pyridine rings is 1. The summed E-state index contributed by atoms with van der Waals surface area (Å²) in [5, 5.41) is 5.51. The van der Waals surface area contributed by atoms with Gasteiger partial charge in [-0.25, -0.2) is 9.78 Å². The zero-order valence-corrected chi connectivity index (χ0v) is 16.8. The van der Waals surface area contributed by atoms with E-state index in [1.165, 1.54) is 36.0 Å². The van der Waals surface area contributed by atoms with Crippen LogP contribution < -0.4 is 10.4 Å². The Hall–Kier alpha value is -2.11. The second kappa shape index (κ2) is 8.72. The standard InChI is InChI=1S/C21H26ClN3O2/c1-14(2)11-23-12-17-13-24-21(10-20(17)16-7-8-16)25(27-15(3)26)19-6-4-5-18(22)9-19/h4-6,9-10,13-14,16,23H,7-8,11-12H2,1-3H3. The van der Waals surface area contributed by atoms with Crippen LogP contribution in [0.5, 0.6) is 0 Å². The molecular formula is C21H26ClN3O2. The van der Waals surface area contributed by atoms with Crippen molar-refractivity contribution in [3.8, 4) is 0 Å². The minimum atomic E-state index is -0.410. The lowest BCUT2D eigenvalue weighted by Crippen LogP contribution is -2.23. The molecular weight excluding hydrogens is 362 g/mol. The van der Waals surface area contributed by atoms with Crippen molar-refractivity contribution in [1.82, 2.24) is 10.3 Å². The van der Waals surface area contributed by atoms with E-state index in [0.29, 0.717) is 28.4 Å². The number of rotatable bonds is 8. The van der Waals surface area contributed by atoms with Crippen LogP contribution in [0.1, 0.15) is 50.7 Å². The summed E-state index contributed by atoms with van der Waals surface area (Å²) in [6, 6.07) is 9.23. The van der Waals surface area contributed by atoms with Gasteiger partial charge in [-0.05, 0) is 66.6 Å². The number of halogens is 1. The molecule has 0 spiro atoms. The Morgan fingerprint density at radius 1 is 1.37 bits per heavy atom. The summed E-state index contributed by atoms with van der Waals surface area (Å²) in [6.45, 7) is 7.52. The number of hydrogen-bond donors (Lipinski definition) is 1. The summed E-state index contributed by atoms with van der Waals surface area (Å²) in [5.74, 6) is 1.33. The largest absolute Gasteiger partial charge is 0.335 e. The predicted octanol–water partition coefficient (Wildman–Crippen LogP) is 4.97. The Balaban J connectivity index is 1.90. The lowest BCUT2D eigenvalue weighted by Gasteiger charge is -2.23.